The van der Waals surface area contributed by atoms with Crippen molar-refractivity contribution >= 4 is 41.8 Å². The molecule has 0 saturated heterocycles. The first-order valence-corrected chi connectivity index (χ1v) is 7.68. The number of hydrogen-bond donors (Lipinski definition) is 2. The molecule has 0 radical (unpaired) electrons. The highest BCUT2D eigenvalue weighted by Crippen LogP contribution is 2.27. The number of carbonyl (C=O) groups is 1. The molecular formula is C16H23Cl2FN4O. The zero-order valence-corrected chi connectivity index (χ0v) is 15.2. The lowest BCUT2D eigenvalue weighted by molar-refractivity contribution is -0.126. The topological polar surface area (TPSA) is 72.9 Å². The van der Waals surface area contributed by atoms with Gasteiger partial charge >= 0.3 is 0 Å². The highest BCUT2D eigenvalue weighted by Gasteiger charge is 2.36. The van der Waals surface area contributed by atoms with Crippen LogP contribution in [0.2, 0.25) is 0 Å². The number of nitrogens with one attached hydrogen (secondary N) is 1. The molecule has 1 aromatic carbocycles. The Labute approximate surface area is 153 Å². The van der Waals surface area contributed by atoms with E-state index < -0.39 is 5.54 Å². The third kappa shape index (κ3) is 3.82. The summed E-state index contributed by atoms with van der Waals surface area (Å²) in [4.78, 5) is 16.5. The van der Waals surface area contributed by atoms with Gasteiger partial charge in [0.2, 0.25) is 5.91 Å². The van der Waals surface area contributed by atoms with Gasteiger partial charge in [-0.1, -0.05) is 18.9 Å². The standard InChI is InChI=1S/C16H21FN4O.2ClH/c1-21-12-6-4-5-11(17)14(12)20-13(21)7-10-19-15(22)16(18)8-2-3-9-16;;/h4-6H,2-3,7-10,18H2,1H3,(H,19,22);2*1H. The van der Waals surface area contributed by atoms with Gasteiger partial charge in [-0.3, -0.25) is 4.79 Å². The number of aryl methyl sites for hydroxylation is 1. The molecule has 8 heteroatoms. The minimum absolute atomic E-state index is 0. The second-order valence-corrected chi connectivity index (χ2v) is 6.06. The van der Waals surface area contributed by atoms with Crippen LogP contribution in [0, 0.1) is 5.82 Å². The Morgan fingerprint density at radius 2 is 2.04 bits per heavy atom. The van der Waals surface area contributed by atoms with E-state index in [4.69, 9.17) is 5.73 Å². The second-order valence-electron chi connectivity index (χ2n) is 6.06. The highest BCUT2D eigenvalue weighted by atomic mass is 35.5. The Kier molecular flexibility index (Phi) is 7.01. The van der Waals surface area contributed by atoms with Crippen LogP contribution in [0.15, 0.2) is 18.2 Å². The molecule has 0 atom stereocenters. The minimum Gasteiger partial charge on any atom is -0.354 e. The summed E-state index contributed by atoms with van der Waals surface area (Å²) in [5.41, 5.74) is 6.53. The third-order valence-electron chi connectivity index (χ3n) is 4.54. The van der Waals surface area contributed by atoms with E-state index in [2.05, 4.69) is 10.3 Å². The summed E-state index contributed by atoms with van der Waals surface area (Å²) in [5.74, 6) is 0.336. The number of para-hydroxylation sites is 1. The lowest BCUT2D eigenvalue weighted by Gasteiger charge is -2.22. The third-order valence-corrected chi connectivity index (χ3v) is 4.54. The Balaban J connectivity index is 0.00000144. The molecule has 1 amide bonds. The maximum Gasteiger partial charge on any atom is 0.240 e. The Morgan fingerprint density at radius 3 is 2.67 bits per heavy atom. The SMILES string of the molecule is Cl.Cl.Cn1c(CCNC(=O)C2(N)CCCC2)nc2c(F)cccc21. The predicted molar refractivity (Wildman–Crippen MR) is 97.3 cm³/mol. The monoisotopic (exact) mass is 376 g/mol. The van der Waals surface area contributed by atoms with E-state index in [0.29, 0.717) is 18.5 Å². The maximum absolute atomic E-state index is 13.7. The van der Waals surface area contributed by atoms with Crippen LogP contribution in [-0.2, 0) is 18.3 Å². The Bertz CT molecular complexity index is 713. The lowest BCUT2D eigenvalue weighted by Crippen LogP contribution is -2.52. The van der Waals surface area contributed by atoms with Gasteiger partial charge in [0.25, 0.3) is 0 Å². The molecule has 1 heterocycles. The van der Waals surface area contributed by atoms with E-state index >= 15 is 0 Å². The smallest absolute Gasteiger partial charge is 0.240 e. The Morgan fingerprint density at radius 1 is 1.38 bits per heavy atom. The van der Waals surface area contributed by atoms with Gasteiger partial charge in [0, 0.05) is 20.0 Å². The van der Waals surface area contributed by atoms with Gasteiger partial charge in [0.05, 0.1) is 11.1 Å². The molecule has 0 unspecified atom stereocenters. The molecule has 0 bridgehead atoms. The molecule has 1 aromatic heterocycles. The number of halogens is 3. The van der Waals surface area contributed by atoms with Crippen LogP contribution in [0.4, 0.5) is 4.39 Å². The van der Waals surface area contributed by atoms with Crippen molar-refractivity contribution in [3.05, 3.63) is 29.8 Å². The quantitative estimate of drug-likeness (QED) is 0.860. The molecule has 3 N–H and O–H groups in total. The van der Waals surface area contributed by atoms with Gasteiger partial charge in [-0.25, -0.2) is 9.37 Å². The first-order valence-electron chi connectivity index (χ1n) is 7.68. The van der Waals surface area contributed by atoms with Crippen molar-refractivity contribution in [2.75, 3.05) is 6.54 Å². The first kappa shape index (κ1) is 20.7. The van der Waals surface area contributed by atoms with Crippen LogP contribution in [0.1, 0.15) is 31.5 Å². The van der Waals surface area contributed by atoms with Crippen molar-refractivity contribution in [2.24, 2.45) is 12.8 Å². The van der Waals surface area contributed by atoms with Crippen LogP contribution < -0.4 is 11.1 Å². The van der Waals surface area contributed by atoms with Crippen molar-refractivity contribution < 1.29 is 9.18 Å². The van der Waals surface area contributed by atoms with Gasteiger partial charge in [-0.2, -0.15) is 0 Å². The molecule has 0 spiro atoms. The number of carbonyl (C=O) groups excluding carboxylic acids is 1. The van der Waals surface area contributed by atoms with Crippen molar-refractivity contribution in [3.8, 4) is 0 Å². The van der Waals surface area contributed by atoms with E-state index in [0.717, 1.165) is 37.0 Å². The van der Waals surface area contributed by atoms with Gasteiger partial charge in [0.15, 0.2) is 5.82 Å². The molecule has 1 fully saturated rings. The van der Waals surface area contributed by atoms with Gasteiger partial charge in [-0.05, 0) is 25.0 Å². The van der Waals surface area contributed by atoms with Crippen molar-refractivity contribution in [2.45, 2.75) is 37.6 Å². The zero-order chi connectivity index (χ0) is 15.7. The average Bonchev–Trinajstić information content (AvgIpc) is 3.07. The molecule has 1 aliphatic rings. The van der Waals surface area contributed by atoms with Crippen molar-refractivity contribution in [3.63, 3.8) is 0 Å². The zero-order valence-electron chi connectivity index (χ0n) is 13.5. The summed E-state index contributed by atoms with van der Waals surface area (Å²) in [6.07, 6.45) is 4.06. The number of amides is 1. The number of aromatic nitrogens is 2. The average molecular weight is 377 g/mol. The number of nitrogens with two attached hydrogens (primary N) is 1. The second kappa shape index (κ2) is 8.14. The molecule has 3 rings (SSSR count). The van der Waals surface area contributed by atoms with Crippen LogP contribution in [0.3, 0.4) is 0 Å². The maximum atomic E-state index is 13.7. The van der Waals surface area contributed by atoms with E-state index in [1.807, 2.05) is 17.7 Å². The summed E-state index contributed by atoms with van der Waals surface area (Å²) in [5, 5.41) is 2.89. The van der Waals surface area contributed by atoms with Crippen molar-refractivity contribution in [1.29, 1.82) is 0 Å². The molecule has 0 aliphatic heterocycles. The molecule has 1 aliphatic carbocycles. The summed E-state index contributed by atoms with van der Waals surface area (Å²) in [6, 6.07) is 4.91. The van der Waals surface area contributed by atoms with Gasteiger partial charge < -0.3 is 15.6 Å². The minimum atomic E-state index is -0.710. The Hall–Kier alpha value is -1.37. The number of nitrogens with zero attached hydrogens (tertiary/aromatic N) is 2. The molecular weight excluding hydrogens is 354 g/mol. The fraction of sp³-hybridized carbons (Fsp3) is 0.500. The number of imidazole rings is 1. The molecule has 24 heavy (non-hydrogen) atoms. The van der Waals surface area contributed by atoms with Crippen LogP contribution in [0.25, 0.3) is 11.0 Å². The van der Waals surface area contributed by atoms with E-state index in [9.17, 15) is 9.18 Å². The van der Waals surface area contributed by atoms with E-state index in [1.54, 1.807) is 6.07 Å². The summed E-state index contributed by atoms with van der Waals surface area (Å²) in [6.45, 7) is 0.455. The number of hydrogen-bond acceptors (Lipinski definition) is 3. The van der Waals surface area contributed by atoms with Crippen LogP contribution in [0.5, 0.6) is 0 Å². The molecule has 2 aromatic rings. The first-order chi connectivity index (χ1) is 10.5. The molecule has 134 valence electrons. The molecule has 5 nitrogen and oxygen atoms in total. The van der Waals surface area contributed by atoms with Crippen molar-refractivity contribution in [1.82, 2.24) is 14.9 Å². The van der Waals surface area contributed by atoms with E-state index in [1.165, 1.54) is 6.07 Å². The van der Waals surface area contributed by atoms with Crippen LogP contribution in [-0.4, -0.2) is 27.5 Å². The lowest BCUT2D eigenvalue weighted by atomic mass is 9.98. The highest BCUT2D eigenvalue weighted by molar-refractivity contribution is 5.86. The van der Waals surface area contributed by atoms with E-state index in [-0.39, 0.29) is 36.5 Å². The normalized spacial score (nSPS) is 15.6. The number of benzene rings is 1. The fourth-order valence-corrected chi connectivity index (χ4v) is 3.15. The number of fused-ring (bicyclic) bond motifs is 1. The largest absolute Gasteiger partial charge is 0.354 e. The summed E-state index contributed by atoms with van der Waals surface area (Å²) in [7, 11) is 1.85. The fourth-order valence-electron chi connectivity index (χ4n) is 3.15. The number of rotatable bonds is 4. The van der Waals surface area contributed by atoms with Crippen LogP contribution >= 0.6 is 24.8 Å². The molecule has 1 saturated carbocycles. The van der Waals surface area contributed by atoms with Gasteiger partial charge in [0.1, 0.15) is 11.3 Å². The summed E-state index contributed by atoms with van der Waals surface area (Å²) < 4.78 is 15.6. The predicted octanol–water partition coefficient (Wildman–Crippen LogP) is 2.49. The van der Waals surface area contributed by atoms with Gasteiger partial charge in [-0.15, -0.1) is 24.8 Å². The summed E-state index contributed by atoms with van der Waals surface area (Å²) >= 11 is 0.